The molecule has 0 saturated carbocycles. The second-order valence-corrected chi connectivity index (χ2v) is 5.33. The van der Waals surface area contributed by atoms with Crippen LogP contribution in [0.5, 0.6) is 0 Å². The molecule has 0 aliphatic rings. The maximum absolute atomic E-state index is 12.4. The van der Waals surface area contributed by atoms with Crippen molar-refractivity contribution in [2.45, 2.75) is 12.7 Å². The van der Waals surface area contributed by atoms with Gasteiger partial charge in [-0.3, -0.25) is 14.9 Å². The summed E-state index contributed by atoms with van der Waals surface area (Å²) in [5.41, 5.74) is -0.274. The third kappa shape index (κ3) is 3.82. The van der Waals surface area contributed by atoms with Gasteiger partial charge in [0, 0.05) is 12.6 Å². The average molecular weight is 330 g/mol. The van der Waals surface area contributed by atoms with E-state index in [1.165, 1.54) is 24.3 Å². The zero-order chi connectivity index (χ0) is 16.3. The van der Waals surface area contributed by atoms with Crippen molar-refractivity contribution in [2.75, 3.05) is 0 Å². The molecule has 0 bridgehead atoms. The summed E-state index contributed by atoms with van der Waals surface area (Å²) in [6.07, 6.45) is -4.41. The monoisotopic (exact) mass is 330 g/mol. The van der Waals surface area contributed by atoms with Crippen molar-refractivity contribution in [3.8, 4) is 0 Å². The Kier molecular flexibility index (Phi) is 4.45. The van der Waals surface area contributed by atoms with Crippen molar-refractivity contribution in [3.63, 3.8) is 0 Å². The molecule has 0 fully saturated rings. The van der Waals surface area contributed by atoms with Gasteiger partial charge in [-0.25, -0.2) is 0 Å². The van der Waals surface area contributed by atoms with Gasteiger partial charge in [0.25, 0.3) is 5.91 Å². The van der Waals surface area contributed by atoms with Crippen LogP contribution in [-0.2, 0) is 12.7 Å². The molecule has 116 valence electrons. The van der Waals surface area contributed by atoms with Crippen LogP contribution < -0.4 is 5.32 Å². The van der Waals surface area contributed by atoms with Gasteiger partial charge < -0.3 is 5.32 Å². The highest BCUT2D eigenvalue weighted by Gasteiger charge is 2.29. The van der Waals surface area contributed by atoms with Crippen LogP contribution in [0.25, 0.3) is 0 Å². The number of hydrogen-bond donors (Lipinski definition) is 1. The van der Waals surface area contributed by atoms with E-state index >= 15 is 0 Å². The van der Waals surface area contributed by atoms with Gasteiger partial charge >= 0.3 is 11.2 Å². The van der Waals surface area contributed by atoms with Gasteiger partial charge in [0.2, 0.25) is 0 Å². The van der Waals surface area contributed by atoms with Crippen molar-refractivity contribution >= 4 is 22.2 Å². The molecule has 0 spiro atoms. The molecule has 1 aromatic carbocycles. The van der Waals surface area contributed by atoms with E-state index in [0.29, 0.717) is 5.56 Å². The summed E-state index contributed by atoms with van der Waals surface area (Å²) in [5.74, 6) is -0.516. The molecule has 0 aliphatic carbocycles. The number of benzene rings is 1. The summed E-state index contributed by atoms with van der Waals surface area (Å²) in [6, 6.07) is 6.93. The standard InChI is InChI=1S/C13H9F3N2O3S/c14-13(15,16)9-3-1-8(2-4-9)7-17-12(19)10-5-6-11(22-10)18(20)21/h1-6H,7H2,(H,17,19). The first-order valence-corrected chi connectivity index (χ1v) is 6.77. The number of carbonyl (C=O) groups is 1. The summed E-state index contributed by atoms with van der Waals surface area (Å²) in [6.45, 7) is 0.0304. The number of nitro groups is 1. The van der Waals surface area contributed by atoms with Crippen molar-refractivity contribution < 1.29 is 22.9 Å². The predicted octanol–water partition coefficient (Wildman–Crippen LogP) is 3.61. The third-order valence-corrected chi connectivity index (χ3v) is 3.77. The van der Waals surface area contributed by atoms with Crippen molar-refractivity contribution in [1.29, 1.82) is 0 Å². The first-order chi connectivity index (χ1) is 10.3. The van der Waals surface area contributed by atoms with Crippen LogP contribution >= 0.6 is 11.3 Å². The largest absolute Gasteiger partial charge is 0.416 e. The molecule has 1 N–H and O–H groups in total. The van der Waals surface area contributed by atoms with E-state index in [2.05, 4.69) is 5.32 Å². The number of carbonyl (C=O) groups excluding carboxylic acids is 1. The van der Waals surface area contributed by atoms with Gasteiger partial charge in [0.05, 0.1) is 15.4 Å². The Bertz CT molecular complexity index is 695. The molecule has 0 atom stereocenters. The Balaban J connectivity index is 1.97. The molecule has 1 aromatic heterocycles. The quantitative estimate of drug-likeness (QED) is 0.687. The smallest absolute Gasteiger partial charge is 0.347 e. The van der Waals surface area contributed by atoms with Crippen LogP contribution in [0, 0.1) is 10.1 Å². The number of thiophene rings is 1. The van der Waals surface area contributed by atoms with Crippen LogP contribution in [0.4, 0.5) is 18.2 Å². The molecule has 0 aliphatic heterocycles. The molecule has 0 radical (unpaired) electrons. The Hall–Kier alpha value is -2.42. The Morgan fingerprint density at radius 1 is 1.18 bits per heavy atom. The minimum atomic E-state index is -4.41. The molecule has 9 heteroatoms. The summed E-state index contributed by atoms with van der Waals surface area (Å²) >= 11 is 0.730. The van der Waals surface area contributed by atoms with E-state index in [0.717, 1.165) is 23.5 Å². The lowest BCUT2D eigenvalue weighted by molar-refractivity contribution is -0.380. The van der Waals surface area contributed by atoms with Gasteiger partial charge in [0.1, 0.15) is 0 Å². The highest BCUT2D eigenvalue weighted by Crippen LogP contribution is 2.29. The number of hydrogen-bond acceptors (Lipinski definition) is 4. The van der Waals surface area contributed by atoms with Crippen LogP contribution in [0.3, 0.4) is 0 Å². The Morgan fingerprint density at radius 2 is 1.82 bits per heavy atom. The summed E-state index contributed by atoms with van der Waals surface area (Å²) in [7, 11) is 0. The first-order valence-electron chi connectivity index (χ1n) is 5.96. The number of halogens is 3. The zero-order valence-corrected chi connectivity index (χ0v) is 11.7. The Morgan fingerprint density at radius 3 is 2.32 bits per heavy atom. The molecule has 2 aromatic rings. The maximum Gasteiger partial charge on any atom is 0.416 e. The summed E-state index contributed by atoms with van der Waals surface area (Å²) < 4.78 is 37.2. The molecule has 2 rings (SSSR count). The second-order valence-electron chi connectivity index (χ2n) is 4.27. The molecule has 0 saturated heterocycles. The third-order valence-electron chi connectivity index (χ3n) is 2.73. The number of nitrogens with one attached hydrogen (secondary N) is 1. The van der Waals surface area contributed by atoms with E-state index in [1.807, 2.05) is 0 Å². The van der Waals surface area contributed by atoms with Gasteiger partial charge in [-0.1, -0.05) is 23.5 Å². The van der Waals surface area contributed by atoms with E-state index in [1.54, 1.807) is 0 Å². The van der Waals surface area contributed by atoms with Crippen molar-refractivity contribution in [3.05, 3.63) is 62.5 Å². The summed E-state index contributed by atoms with van der Waals surface area (Å²) in [5, 5.41) is 12.9. The van der Waals surface area contributed by atoms with E-state index in [9.17, 15) is 28.1 Å². The van der Waals surface area contributed by atoms with Gasteiger partial charge in [-0.05, 0) is 23.8 Å². The van der Waals surface area contributed by atoms with Gasteiger partial charge in [-0.15, -0.1) is 0 Å². The van der Waals surface area contributed by atoms with Crippen LogP contribution in [0.15, 0.2) is 36.4 Å². The number of alkyl halides is 3. The number of rotatable bonds is 4. The van der Waals surface area contributed by atoms with Gasteiger partial charge in [-0.2, -0.15) is 13.2 Å². The first kappa shape index (κ1) is 16.0. The van der Waals surface area contributed by atoms with E-state index < -0.39 is 22.6 Å². The minimum Gasteiger partial charge on any atom is -0.347 e. The average Bonchev–Trinajstić information content (AvgIpc) is 2.94. The van der Waals surface area contributed by atoms with E-state index in [4.69, 9.17) is 0 Å². The lowest BCUT2D eigenvalue weighted by atomic mass is 10.1. The van der Waals surface area contributed by atoms with Crippen molar-refractivity contribution in [2.24, 2.45) is 0 Å². The molecule has 22 heavy (non-hydrogen) atoms. The fourth-order valence-electron chi connectivity index (χ4n) is 1.63. The number of amides is 1. The SMILES string of the molecule is O=C(NCc1ccc(C(F)(F)F)cc1)c1ccc([N+](=O)[O-])s1. The van der Waals surface area contributed by atoms with Crippen LogP contribution in [0.2, 0.25) is 0 Å². The zero-order valence-electron chi connectivity index (χ0n) is 10.9. The topological polar surface area (TPSA) is 72.2 Å². The predicted molar refractivity (Wildman–Crippen MR) is 73.6 cm³/mol. The summed E-state index contributed by atoms with van der Waals surface area (Å²) in [4.78, 5) is 21.9. The van der Waals surface area contributed by atoms with Crippen LogP contribution in [-0.4, -0.2) is 10.8 Å². The number of nitrogens with zero attached hydrogens (tertiary/aromatic N) is 1. The van der Waals surface area contributed by atoms with E-state index in [-0.39, 0.29) is 16.4 Å². The normalized spacial score (nSPS) is 11.2. The van der Waals surface area contributed by atoms with Crippen molar-refractivity contribution in [1.82, 2.24) is 5.32 Å². The second kappa shape index (κ2) is 6.14. The van der Waals surface area contributed by atoms with Gasteiger partial charge in [0.15, 0.2) is 0 Å². The lowest BCUT2D eigenvalue weighted by Crippen LogP contribution is -2.21. The van der Waals surface area contributed by atoms with Crippen LogP contribution in [0.1, 0.15) is 20.8 Å². The Labute approximate surface area is 126 Å². The molecule has 5 nitrogen and oxygen atoms in total. The lowest BCUT2D eigenvalue weighted by Gasteiger charge is -2.08. The fraction of sp³-hybridized carbons (Fsp3) is 0.154. The highest BCUT2D eigenvalue weighted by atomic mass is 32.1. The molecular weight excluding hydrogens is 321 g/mol. The minimum absolute atomic E-state index is 0.0304. The molecule has 0 unspecified atom stereocenters. The fourth-order valence-corrected chi connectivity index (χ4v) is 2.37. The maximum atomic E-state index is 12.4. The molecular formula is C13H9F3N2O3S. The molecule has 1 amide bonds. The highest BCUT2D eigenvalue weighted by molar-refractivity contribution is 7.17. The molecule has 1 heterocycles.